The molecule has 1 saturated carbocycles. The zero-order valence-corrected chi connectivity index (χ0v) is 23.4. The standard InChI is InChI=1S/C31H31FN6O3/c1-17(22-7-5-6-8-24(22)32)35-30(41)26-12-31(4)13-27(31)38(26)28(40)16-37-25-10-9-20(21-14-33-19(3)34-15-21)11-23(25)29(36-37)18(2)39/h5-11,14-15,17,26-27H,12-13,16H2,1-4H3,(H,35,41)/t17-,26-,27+,31-/m0/s1. The lowest BCUT2D eigenvalue weighted by Gasteiger charge is -2.28. The molecule has 2 aliphatic rings. The third-order valence-electron chi connectivity index (χ3n) is 8.44. The molecule has 0 unspecified atom stereocenters. The van der Waals surface area contributed by atoms with Crippen molar-refractivity contribution < 1.29 is 18.8 Å². The van der Waals surface area contributed by atoms with E-state index in [0.717, 1.165) is 17.5 Å². The van der Waals surface area contributed by atoms with E-state index in [1.165, 1.54) is 13.0 Å². The Morgan fingerprint density at radius 1 is 1.10 bits per heavy atom. The smallest absolute Gasteiger partial charge is 0.245 e. The van der Waals surface area contributed by atoms with Crippen molar-refractivity contribution in [3.63, 3.8) is 0 Å². The minimum Gasteiger partial charge on any atom is -0.348 e. The lowest BCUT2D eigenvalue weighted by atomic mass is 10.0. The molecule has 1 saturated heterocycles. The van der Waals surface area contributed by atoms with Crippen LogP contribution in [0.15, 0.2) is 54.9 Å². The Morgan fingerprint density at radius 3 is 2.54 bits per heavy atom. The predicted molar refractivity (Wildman–Crippen MR) is 150 cm³/mol. The first-order chi connectivity index (χ1) is 19.6. The number of benzene rings is 2. The molecule has 0 radical (unpaired) electrons. The molecule has 1 N–H and O–H groups in total. The molecular formula is C31H31FN6O3. The van der Waals surface area contributed by atoms with Crippen molar-refractivity contribution in [2.75, 3.05) is 0 Å². The number of halogens is 1. The summed E-state index contributed by atoms with van der Waals surface area (Å²) in [7, 11) is 0. The van der Waals surface area contributed by atoms with Crippen LogP contribution in [0, 0.1) is 18.2 Å². The molecule has 41 heavy (non-hydrogen) atoms. The Labute approximate surface area is 236 Å². The van der Waals surface area contributed by atoms with E-state index in [0.29, 0.717) is 28.7 Å². The van der Waals surface area contributed by atoms with E-state index in [2.05, 4.69) is 27.3 Å². The second-order valence-electron chi connectivity index (χ2n) is 11.5. The van der Waals surface area contributed by atoms with Gasteiger partial charge in [-0.05, 0) is 55.9 Å². The van der Waals surface area contributed by atoms with E-state index in [4.69, 9.17) is 0 Å². The Kier molecular flexibility index (Phi) is 6.43. The first-order valence-corrected chi connectivity index (χ1v) is 13.7. The number of nitrogens with one attached hydrogen (secondary N) is 1. The van der Waals surface area contributed by atoms with Gasteiger partial charge in [0.05, 0.1) is 11.6 Å². The Hall–Kier alpha value is -4.47. The van der Waals surface area contributed by atoms with E-state index in [1.54, 1.807) is 47.1 Å². The van der Waals surface area contributed by atoms with E-state index < -0.39 is 12.1 Å². The van der Waals surface area contributed by atoms with Crippen LogP contribution in [0.2, 0.25) is 0 Å². The third kappa shape index (κ3) is 4.77. The largest absolute Gasteiger partial charge is 0.348 e. The number of fused-ring (bicyclic) bond motifs is 2. The molecule has 2 fully saturated rings. The quantitative estimate of drug-likeness (QED) is 0.339. The predicted octanol–water partition coefficient (Wildman–Crippen LogP) is 4.40. The Balaban J connectivity index is 1.26. The van der Waals surface area contributed by atoms with Crippen LogP contribution >= 0.6 is 0 Å². The SMILES string of the molecule is CC(=O)c1nn(CC(=O)N2[C@H](C(=O)N[C@@H](C)c3ccccc3F)C[C@@]3(C)C[C@@H]23)c2ccc(-c3cnc(C)nc3)cc12. The van der Waals surface area contributed by atoms with Crippen LogP contribution in [0.3, 0.4) is 0 Å². The number of piperidine rings is 1. The van der Waals surface area contributed by atoms with Gasteiger partial charge in [-0.2, -0.15) is 5.10 Å². The summed E-state index contributed by atoms with van der Waals surface area (Å²) < 4.78 is 15.9. The second kappa shape index (κ2) is 9.87. The number of carbonyl (C=O) groups is 3. The number of aromatic nitrogens is 4. The highest BCUT2D eigenvalue weighted by atomic mass is 19.1. The van der Waals surface area contributed by atoms with Crippen molar-refractivity contribution in [1.82, 2.24) is 30.0 Å². The molecule has 0 bridgehead atoms. The molecule has 10 heteroatoms. The number of carbonyl (C=O) groups excluding carboxylic acids is 3. The molecule has 1 aliphatic heterocycles. The van der Waals surface area contributed by atoms with E-state index in [9.17, 15) is 18.8 Å². The molecule has 210 valence electrons. The molecule has 0 spiro atoms. The number of amides is 2. The van der Waals surface area contributed by atoms with Gasteiger partial charge < -0.3 is 10.2 Å². The van der Waals surface area contributed by atoms with Crippen molar-refractivity contribution >= 4 is 28.5 Å². The van der Waals surface area contributed by atoms with Crippen LogP contribution in [0.5, 0.6) is 0 Å². The highest BCUT2D eigenvalue weighted by molar-refractivity contribution is 6.06. The molecule has 2 aromatic heterocycles. The van der Waals surface area contributed by atoms with Gasteiger partial charge in [-0.1, -0.05) is 31.2 Å². The molecule has 6 rings (SSSR count). The van der Waals surface area contributed by atoms with Gasteiger partial charge in [0.25, 0.3) is 0 Å². The number of likely N-dealkylation sites (tertiary alicyclic amines) is 1. The van der Waals surface area contributed by atoms with Gasteiger partial charge in [0.15, 0.2) is 5.78 Å². The van der Waals surface area contributed by atoms with E-state index in [1.807, 2.05) is 25.1 Å². The van der Waals surface area contributed by atoms with Gasteiger partial charge in [0.1, 0.15) is 29.9 Å². The van der Waals surface area contributed by atoms with Crippen LogP contribution in [-0.4, -0.2) is 54.3 Å². The number of aryl methyl sites for hydroxylation is 1. The summed E-state index contributed by atoms with van der Waals surface area (Å²) in [6, 6.07) is 10.7. The summed E-state index contributed by atoms with van der Waals surface area (Å²) in [4.78, 5) is 49.9. The summed E-state index contributed by atoms with van der Waals surface area (Å²) in [5, 5.41) is 8.06. The number of hydrogen-bond acceptors (Lipinski definition) is 6. The molecule has 2 aromatic carbocycles. The summed E-state index contributed by atoms with van der Waals surface area (Å²) >= 11 is 0. The van der Waals surface area contributed by atoms with Crippen LogP contribution in [0.1, 0.15) is 61.5 Å². The van der Waals surface area contributed by atoms with Gasteiger partial charge in [-0.3, -0.25) is 19.1 Å². The van der Waals surface area contributed by atoms with Crippen molar-refractivity contribution in [1.29, 1.82) is 0 Å². The maximum atomic E-state index is 14.3. The maximum Gasteiger partial charge on any atom is 0.245 e. The first-order valence-electron chi connectivity index (χ1n) is 13.7. The molecule has 1 aliphatic carbocycles. The molecular weight excluding hydrogens is 523 g/mol. The zero-order valence-electron chi connectivity index (χ0n) is 23.4. The second-order valence-corrected chi connectivity index (χ2v) is 11.5. The van der Waals surface area contributed by atoms with Crippen LogP contribution < -0.4 is 5.32 Å². The lowest BCUT2D eigenvalue weighted by molar-refractivity contribution is -0.140. The minimum atomic E-state index is -0.664. The first kappa shape index (κ1) is 26.7. The van der Waals surface area contributed by atoms with Gasteiger partial charge >= 0.3 is 0 Å². The average molecular weight is 555 g/mol. The lowest BCUT2D eigenvalue weighted by Crippen LogP contribution is -2.49. The number of nitrogens with zero attached hydrogens (tertiary/aromatic N) is 5. The van der Waals surface area contributed by atoms with Gasteiger partial charge in [-0.25, -0.2) is 14.4 Å². The van der Waals surface area contributed by atoms with Crippen molar-refractivity contribution in [3.8, 4) is 11.1 Å². The maximum absolute atomic E-state index is 14.3. The topological polar surface area (TPSA) is 110 Å². The van der Waals surface area contributed by atoms with E-state index in [-0.39, 0.29) is 47.1 Å². The molecule has 2 amide bonds. The highest BCUT2D eigenvalue weighted by Crippen LogP contribution is 2.59. The fourth-order valence-corrected chi connectivity index (χ4v) is 6.06. The van der Waals surface area contributed by atoms with Crippen molar-refractivity contribution in [2.45, 2.75) is 65.2 Å². The third-order valence-corrected chi connectivity index (χ3v) is 8.44. The summed E-state index contributed by atoms with van der Waals surface area (Å²) in [5.74, 6) is -0.492. The summed E-state index contributed by atoms with van der Waals surface area (Å²) in [5.41, 5.74) is 2.82. The molecule has 4 atom stereocenters. The fraction of sp³-hybridized carbons (Fsp3) is 0.355. The van der Waals surface area contributed by atoms with Gasteiger partial charge in [0.2, 0.25) is 11.8 Å². The van der Waals surface area contributed by atoms with Crippen LogP contribution in [-0.2, 0) is 16.1 Å². The monoisotopic (exact) mass is 554 g/mol. The number of rotatable bonds is 7. The van der Waals surface area contributed by atoms with Crippen LogP contribution in [0.4, 0.5) is 4.39 Å². The molecule has 4 aromatic rings. The molecule has 3 heterocycles. The Bertz CT molecular complexity index is 1700. The summed E-state index contributed by atoms with van der Waals surface area (Å²) in [6.45, 7) is 6.96. The number of Topliss-reactive ketones (excluding diaryl/α,β-unsaturated/α-hetero) is 1. The van der Waals surface area contributed by atoms with Crippen LogP contribution in [0.25, 0.3) is 22.0 Å². The van der Waals surface area contributed by atoms with Crippen molar-refractivity contribution in [3.05, 3.63) is 77.8 Å². The van der Waals surface area contributed by atoms with Gasteiger partial charge in [-0.15, -0.1) is 0 Å². The van der Waals surface area contributed by atoms with E-state index >= 15 is 0 Å². The number of hydrogen-bond donors (Lipinski definition) is 1. The summed E-state index contributed by atoms with van der Waals surface area (Å²) in [6.07, 6.45) is 4.82. The number of ketones is 1. The normalized spacial score (nSPS) is 21.9. The average Bonchev–Trinajstić information content (AvgIpc) is 3.30. The minimum absolute atomic E-state index is 0.0447. The van der Waals surface area contributed by atoms with Crippen molar-refractivity contribution in [2.24, 2.45) is 5.41 Å². The molecule has 9 nitrogen and oxygen atoms in total. The zero-order chi connectivity index (χ0) is 29.1. The Morgan fingerprint density at radius 2 is 1.83 bits per heavy atom. The highest BCUT2D eigenvalue weighted by Gasteiger charge is 2.64. The fourth-order valence-electron chi connectivity index (χ4n) is 6.06. The van der Waals surface area contributed by atoms with Gasteiger partial charge in [0, 0.05) is 41.9 Å².